The number of aryl methyl sites for hydroxylation is 1. The molecule has 1 fully saturated rings. The zero-order valence-corrected chi connectivity index (χ0v) is 14.9. The lowest BCUT2D eigenvalue weighted by atomic mass is 10.1. The van der Waals surface area contributed by atoms with E-state index in [1.54, 1.807) is 6.08 Å². The van der Waals surface area contributed by atoms with Crippen molar-refractivity contribution < 1.29 is 4.79 Å². The number of hydrogen-bond donors (Lipinski definition) is 1. The first kappa shape index (κ1) is 17.2. The molecule has 0 aromatic heterocycles. The van der Waals surface area contributed by atoms with E-state index in [1.165, 1.54) is 5.69 Å². The highest BCUT2D eigenvalue weighted by atomic mass is 16.1. The van der Waals surface area contributed by atoms with Crippen LogP contribution in [-0.2, 0) is 4.79 Å². The molecule has 1 aliphatic heterocycles. The molecule has 1 saturated heterocycles. The van der Waals surface area contributed by atoms with E-state index in [1.807, 2.05) is 49.4 Å². The van der Waals surface area contributed by atoms with E-state index < -0.39 is 0 Å². The lowest BCUT2D eigenvalue weighted by Gasteiger charge is -2.34. The van der Waals surface area contributed by atoms with Crippen LogP contribution in [0.5, 0.6) is 0 Å². The molecule has 1 aliphatic rings. The van der Waals surface area contributed by atoms with Gasteiger partial charge in [0.1, 0.15) is 0 Å². The second kappa shape index (κ2) is 7.99. The quantitative estimate of drug-likeness (QED) is 0.870. The molecule has 1 amide bonds. The number of carbonyl (C=O) groups is 1. The molecule has 0 spiro atoms. The number of nitrogens with zero attached hydrogens (tertiary/aromatic N) is 2. The SMILES string of the molecule is Cc1ccccc1C=CC(=O)Nc1ccc(N2CCN(C)CC2)cc1. The van der Waals surface area contributed by atoms with Gasteiger partial charge in [-0.1, -0.05) is 24.3 Å². The van der Waals surface area contributed by atoms with Gasteiger partial charge in [0.15, 0.2) is 0 Å². The third-order valence-corrected chi connectivity index (χ3v) is 4.61. The summed E-state index contributed by atoms with van der Waals surface area (Å²) >= 11 is 0. The van der Waals surface area contributed by atoms with Crippen molar-refractivity contribution in [1.29, 1.82) is 0 Å². The Balaban J connectivity index is 1.58. The van der Waals surface area contributed by atoms with Gasteiger partial charge in [-0.05, 0) is 55.4 Å². The Labute approximate surface area is 149 Å². The van der Waals surface area contributed by atoms with Crippen molar-refractivity contribution in [3.05, 3.63) is 65.7 Å². The van der Waals surface area contributed by atoms with Gasteiger partial charge in [0, 0.05) is 43.6 Å². The number of rotatable bonds is 4. The van der Waals surface area contributed by atoms with Crippen LogP contribution in [0.15, 0.2) is 54.6 Å². The molecule has 25 heavy (non-hydrogen) atoms. The number of anilines is 2. The lowest BCUT2D eigenvalue weighted by Crippen LogP contribution is -2.44. The van der Waals surface area contributed by atoms with Crippen LogP contribution in [-0.4, -0.2) is 44.0 Å². The van der Waals surface area contributed by atoms with Crippen molar-refractivity contribution >= 4 is 23.4 Å². The molecule has 0 unspecified atom stereocenters. The summed E-state index contributed by atoms with van der Waals surface area (Å²) in [4.78, 5) is 16.8. The van der Waals surface area contributed by atoms with E-state index >= 15 is 0 Å². The van der Waals surface area contributed by atoms with Gasteiger partial charge >= 0.3 is 0 Å². The fraction of sp³-hybridized carbons (Fsp3) is 0.286. The summed E-state index contributed by atoms with van der Waals surface area (Å²) < 4.78 is 0. The van der Waals surface area contributed by atoms with Crippen molar-refractivity contribution in [2.75, 3.05) is 43.4 Å². The molecule has 2 aromatic carbocycles. The maximum atomic E-state index is 12.1. The van der Waals surface area contributed by atoms with Crippen molar-refractivity contribution in [2.24, 2.45) is 0 Å². The van der Waals surface area contributed by atoms with Gasteiger partial charge in [0.25, 0.3) is 0 Å². The van der Waals surface area contributed by atoms with Crippen LogP contribution in [0.3, 0.4) is 0 Å². The van der Waals surface area contributed by atoms with Gasteiger partial charge in [-0.25, -0.2) is 0 Å². The third kappa shape index (κ3) is 4.70. The average Bonchev–Trinajstić information content (AvgIpc) is 2.62. The molecule has 0 atom stereocenters. The van der Waals surface area contributed by atoms with Crippen LogP contribution < -0.4 is 10.2 Å². The van der Waals surface area contributed by atoms with E-state index in [9.17, 15) is 4.79 Å². The summed E-state index contributed by atoms with van der Waals surface area (Å²) in [6, 6.07) is 16.1. The Hall–Kier alpha value is -2.59. The second-order valence-electron chi connectivity index (χ2n) is 6.52. The molecule has 0 saturated carbocycles. The molecule has 4 nitrogen and oxygen atoms in total. The topological polar surface area (TPSA) is 35.6 Å². The summed E-state index contributed by atoms with van der Waals surface area (Å²) in [6.45, 7) is 6.29. The first-order chi connectivity index (χ1) is 12.1. The average molecular weight is 335 g/mol. The molecule has 0 bridgehead atoms. The van der Waals surface area contributed by atoms with E-state index in [0.717, 1.165) is 43.0 Å². The van der Waals surface area contributed by atoms with Crippen LogP contribution in [0.25, 0.3) is 6.08 Å². The van der Waals surface area contributed by atoms with E-state index in [0.29, 0.717) is 0 Å². The first-order valence-electron chi connectivity index (χ1n) is 8.70. The summed E-state index contributed by atoms with van der Waals surface area (Å²) in [5.74, 6) is -0.115. The van der Waals surface area contributed by atoms with Crippen molar-refractivity contribution in [1.82, 2.24) is 4.90 Å². The monoisotopic (exact) mass is 335 g/mol. The van der Waals surface area contributed by atoms with Crippen LogP contribution in [0.1, 0.15) is 11.1 Å². The minimum absolute atomic E-state index is 0.115. The summed E-state index contributed by atoms with van der Waals surface area (Å²) in [7, 11) is 2.15. The van der Waals surface area contributed by atoms with Gasteiger partial charge in [0.2, 0.25) is 5.91 Å². The minimum atomic E-state index is -0.115. The lowest BCUT2D eigenvalue weighted by molar-refractivity contribution is -0.111. The number of nitrogens with one attached hydrogen (secondary N) is 1. The summed E-state index contributed by atoms with van der Waals surface area (Å²) in [6.07, 6.45) is 3.43. The number of benzene rings is 2. The van der Waals surface area contributed by atoms with Gasteiger partial charge in [-0.3, -0.25) is 4.79 Å². The summed E-state index contributed by atoms with van der Waals surface area (Å²) in [5, 5.41) is 2.92. The number of likely N-dealkylation sites (N-methyl/N-ethyl adjacent to an activating group) is 1. The largest absolute Gasteiger partial charge is 0.369 e. The third-order valence-electron chi connectivity index (χ3n) is 4.61. The Morgan fingerprint density at radius 3 is 2.36 bits per heavy atom. The van der Waals surface area contributed by atoms with E-state index in [-0.39, 0.29) is 5.91 Å². The van der Waals surface area contributed by atoms with Crippen molar-refractivity contribution in [2.45, 2.75) is 6.92 Å². The van der Waals surface area contributed by atoms with Crippen LogP contribution in [0.4, 0.5) is 11.4 Å². The maximum absolute atomic E-state index is 12.1. The predicted molar refractivity (Wildman–Crippen MR) is 105 cm³/mol. The number of hydrogen-bond acceptors (Lipinski definition) is 3. The first-order valence-corrected chi connectivity index (χ1v) is 8.70. The Bertz CT molecular complexity index is 744. The Morgan fingerprint density at radius 2 is 1.68 bits per heavy atom. The van der Waals surface area contributed by atoms with Gasteiger partial charge in [-0.15, -0.1) is 0 Å². The van der Waals surface area contributed by atoms with Crippen LogP contribution >= 0.6 is 0 Å². The molecule has 1 heterocycles. The molecular weight excluding hydrogens is 310 g/mol. The van der Waals surface area contributed by atoms with Crippen LogP contribution in [0, 0.1) is 6.92 Å². The second-order valence-corrected chi connectivity index (χ2v) is 6.52. The molecular formula is C21H25N3O. The molecule has 4 heteroatoms. The van der Waals surface area contributed by atoms with Crippen molar-refractivity contribution in [3.8, 4) is 0 Å². The molecule has 0 aliphatic carbocycles. The molecule has 130 valence electrons. The van der Waals surface area contributed by atoms with Crippen LogP contribution in [0.2, 0.25) is 0 Å². The fourth-order valence-electron chi connectivity index (χ4n) is 2.94. The number of carbonyl (C=O) groups excluding carboxylic acids is 1. The fourth-order valence-corrected chi connectivity index (χ4v) is 2.94. The van der Waals surface area contributed by atoms with E-state index in [2.05, 4.69) is 34.3 Å². The zero-order valence-electron chi connectivity index (χ0n) is 14.9. The van der Waals surface area contributed by atoms with Gasteiger partial charge in [0.05, 0.1) is 0 Å². The van der Waals surface area contributed by atoms with E-state index in [4.69, 9.17) is 0 Å². The smallest absolute Gasteiger partial charge is 0.248 e. The highest BCUT2D eigenvalue weighted by Gasteiger charge is 2.13. The molecule has 0 radical (unpaired) electrons. The molecule has 2 aromatic rings. The van der Waals surface area contributed by atoms with Crippen molar-refractivity contribution in [3.63, 3.8) is 0 Å². The highest BCUT2D eigenvalue weighted by Crippen LogP contribution is 2.19. The predicted octanol–water partition coefficient (Wildman–Crippen LogP) is 3.40. The molecule has 3 rings (SSSR count). The zero-order chi connectivity index (χ0) is 17.6. The number of piperazine rings is 1. The highest BCUT2D eigenvalue weighted by molar-refractivity contribution is 6.02. The Kier molecular flexibility index (Phi) is 5.51. The summed E-state index contributed by atoms with van der Waals surface area (Å²) in [5.41, 5.74) is 4.24. The van der Waals surface area contributed by atoms with Gasteiger partial charge < -0.3 is 15.1 Å². The normalized spacial score (nSPS) is 15.5. The minimum Gasteiger partial charge on any atom is -0.369 e. The maximum Gasteiger partial charge on any atom is 0.248 e. The number of amides is 1. The Morgan fingerprint density at radius 1 is 1.00 bits per heavy atom. The molecule has 1 N–H and O–H groups in total. The standard InChI is InChI=1S/C21H25N3O/c1-17-5-3-4-6-18(17)7-12-21(25)22-19-8-10-20(11-9-19)24-15-13-23(2)14-16-24/h3-12H,13-16H2,1-2H3,(H,22,25). The van der Waals surface area contributed by atoms with Gasteiger partial charge in [-0.2, -0.15) is 0 Å².